The summed E-state index contributed by atoms with van der Waals surface area (Å²) in [6.45, 7) is 0. The molecule has 0 amide bonds. The minimum atomic E-state index is -0.304. The van der Waals surface area contributed by atoms with Gasteiger partial charge in [0, 0.05) is 24.0 Å². The highest BCUT2D eigenvalue weighted by Crippen LogP contribution is 2.29. The van der Waals surface area contributed by atoms with Crippen LogP contribution in [0.4, 0.5) is 0 Å². The van der Waals surface area contributed by atoms with E-state index in [1.54, 1.807) is 30.4 Å². The molecule has 21 heavy (non-hydrogen) atoms. The first-order chi connectivity index (χ1) is 10.2. The number of aromatic nitrogens is 3. The lowest BCUT2D eigenvalue weighted by atomic mass is 10.1. The van der Waals surface area contributed by atoms with Gasteiger partial charge in [-0.25, -0.2) is 9.66 Å². The molecule has 0 radical (unpaired) electrons. The van der Waals surface area contributed by atoms with Crippen molar-refractivity contribution in [2.45, 2.75) is 0 Å². The van der Waals surface area contributed by atoms with Crippen LogP contribution in [0.1, 0.15) is 0 Å². The fourth-order valence-corrected chi connectivity index (χ4v) is 2.19. The zero-order chi connectivity index (χ0) is 14.8. The normalized spacial score (nSPS) is 10.5. The number of nitrogen functional groups attached to an aromatic ring is 1. The number of ether oxygens (including phenoxy) is 1. The summed E-state index contributed by atoms with van der Waals surface area (Å²) in [5.74, 6) is 6.54. The Morgan fingerprint density at radius 3 is 2.76 bits per heavy atom. The van der Waals surface area contributed by atoms with Crippen LogP contribution in [0.15, 0.2) is 59.9 Å². The molecule has 6 heteroatoms. The van der Waals surface area contributed by atoms with Crippen molar-refractivity contribution in [1.82, 2.24) is 14.2 Å². The molecule has 0 aliphatic carbocycles. The molecule has 0 bridgehead atoms. The molecule has 2 N–H and O–H groups in total. The maximum Gasteiger partial charge on any atom is 0.271 e. The molecule has 106 valence electrons. The topological polar surface area (TPSA) is 75.1 Å². The Bertz CT molecular complexity index is 822. The Balaban J connectivity index is 2.25. The maximum absolute atomic E-state index is 12.1. The summed E-state index contributed by atoms with van der Waals surface area (Å²) in [6, 6.07) is 10.7. The molecule has 0 spiro atoms. The first kappa shape index (κ1) is 13.0. The van der Waals surface area contributed by atoms with Gasteiger partial charge in [-0.15, -0.1) is 0 Å². The van der Waals surface area contributed by atoms with Gasteiger partial charge in [0.15, 0.2) is 0 Å². The first-order valence-corrected chi connectivity index (χ1v) is 6.34. The zero-order valence-electron chi connectivity index (χ0n) is 11.4. The van der Waals surface area contributed by atoms with Crippen LogP contribution in [0, 0.1) is 0 Å². The van der Waals surface area contributed by atoms with Gasteiger partial charge in [0.05, 0.1) is 24.8 Å². The number of methoxy groups -OCH3 is 1. The zero-order valence-corrected chi connectivity index (χ0v) is 11.4. The van der Waals surface area contributed by atoms with E-state index in [9.17, 15) is 4.79 Å². The van der Waals surface area contributed by atoms with E-state index in [0.717, 1.165) is 10.2 Å². The van der Waals surface area contributed by atoms with Crippen molar-refractivity contribution in [3.8, 4) is 22.7 Å². The number of nitrogens with zero attached hydrogens (tertiary/aromatic N) is 3. The van der Waals surface area contributed by atoms with Crippen molar-refractivity contribution >= 4 is 0 Å². The number of nitrogens with two attached hydrogens (primary N) is 1. The van der Waals surface area contributed by atoms with Crippen molar-refractivity contribution in [1.29, 1.82) is 0 Å². The number of imidazole rings is 1. The second kappa shape index (κ2) is 5.16. The van der Waals surface area contributed by atoms with Gasteiger partial charge in [-0.1, -0.05) is 12.1 Å². The van der Waals surface area contributed by atoms with Crippen LogP contribution in [-0.4, -0.2) is 21.3 Å². The van der Waals surface area contributed by atoms with E-state index in [0.29, 0.717) is 17.1 Å². The molecule has 3 rings (SSSR count). The third kappa shape index (κ3) is 2.27. The Morgan fingerprint density at radius 2 is 2.05 bits per heavy atom. The predicted octanol–water partition coefficient (Wildman–Crippen LogP) is 1.42. The summed E-state index contributed by atoms with van der Waals surface area (Å²) in [7, 11) is 1.58. The lowest BCUT2D eigenvalue weighted by Gasteiger charge is -2.13. The van der Waals surface area contributed by atoms with E-state index in [1.807, 2.05) is 30.3 Å². The molecule has 0 aliphatic heterocycles. The van der Waals surface area contributed by atoms with Gasteiger partial charge < -0.3 is 15.1 Å². The fourth-order valence-electron chi connectivity index (χ4n) is 2.19. The van der Waals surface area contributed by atoms with Gasteiger partial charge in [-0.05, 0) is 18.2 Å². The van der Waals surface area contributed by atoms with E-state index in [-0.39, 0.29) is 5.56 Å². The van der Waals surface area contributed by atoms with Crippen molar-refractivity contribution < 1.29 is 4.74 Å². The van der Waals surface area contributed by atoms with Crippen LogP contribution >= 0.6 is 0 Å². The summed E-state index contributed by atoms with van der Waals surface area (Å²) in [5.41, 5.74) is 1.72. The van der Waals surface area contributed by atoms with E-state index in [2.05, 4.69) is 4.98 Å². The smallest absolute Gasteiger partial charge is 0.271 e. The monoisotopic (exact) mass is 282 g/mol. The summed E-state index contributed by atoms with van der Waals surface area (Å²) in [4.78, 5) is 16.1. The number of hydrogen-bond acceptors (Lipinski definition) is 4. The molecule has 0 aliphatic rings. The van der Waals surface area contributed by atoms with Gasteiger partial charge in [0.25, 0.3) is 5.56 Å². The average Bonchev–Trinajstić information content (AvgIpc) is 3.04. The van der Waals surface area contributed by atoms with E-state index >= 15 is 0 Å². The molecule has 1 aromatic carbocycles. The predicted molar refractivity (Wildman–Crippen MR) is 80.0 cm³/mol. The Hall–Kier alpha value is -3.02. The summed E-state index contributed by atoms with van der Waals surface area (Å²) < 4.78 is 8.19. The summed E-state index contributed by atoms with van der Waals surface area (Å²) in [5, 5.41) is 0. The molecular weight excluding hydrogens is 268 g/mol. The molecular formula is C15H14N4O2. The van der Waals surface area contributed by atoms with Gasteiger partial charge >= 0.3 is 0 Å². The highest BCUT2D eigenvalue weighted by atomic mass is 16.5. The SMILES string of the molecule is COc1ccccc1-c1cc(-n2ccnc2)cc(=O)n1N. The van der Waals surface area contributed by atoms with Crippen molar-refractivity contribution in [3.63, 3.8) is 0 Å². The van der Waals surface area contributed by atoms with Gasteiger partial charge in [-0.2, -0.15) is 0 Å². The van der Waals surface area contributed by atoms with Crippen LogP contribution in [-0.2, 0) is 0 Å². The van der Waals surface area contributed by atoms with Crippen LogP contribution in [0.25, 0.3) is 16.9 Å². The number of benzene rings is 1. The number of para-hydroxylation sites is 1. The van der Waals surface area contributed by atoms with Crippen LogP contribution in [0.2, 0.25) is 0 Å². The quantitative estimate of drug-likeness (QED) is 0.737. The molecule has 2 aromatic heterocycles. The number of hydrogen-bond donors (Lipinski definition) is 1. The van der Waals surface area contributed by atoms with Crippen LogP contribution in [0.3, 0.4) is 0 Å². The van der Waals surface area contributed by atoms with Crippen molar-refractivity contribution in [2.75, 3.05) is 13.0 Å². The highest BCUT2D eigenvalue weighted by molar-refractivity contribution is 5.69. The molecule has 2 heterocycles. The van der Waals surface area contributed by atoms with E-state index < -0.39 is 0 Å². The Morgan fingerprint density at radius 1 is 1.24 bits per heavy atom. The average molecular weight is 282 g/mol. The molecule has 3 aromatic rings. The number of pyridine rings is 1. The molecule has 0 saturated carbocycles. The van der Waals surface area contributed by atoms with Crippen LogP contribution < -0.4 is 16.1 Å². The lowest BCUT2D eigenvalue weighted by Crippen LogP contribution is -2.28. The molecule has 0 unspecified atom stereocenters. The van der Waals surface area contributed by atoms with Gasteiger partial charge in [-0.3, -0.25) is 4.79 Å². The second-order valence-electron chi connectivity index (χ2n) is 4.48. The molecule has 0 saturated heterocycles. The van der Waals surface area contributed by atoms with Crippen molar-refractivity contribution in [2.24, 2.45) is 0 Å². The minimum Gasteiger partial charge on any atom is -0.496 e. The largest absolute Gasteiger partial charge is 0.496 e. The highest BCUT2D eigenvalue weighted by Gasteiger charge is 2.12. The van der Waals surface area contributed by atoms with Gasteiger partial charge in [0.1, 0.15) is 5.75 Å². The van der Waals surface area contributed by atoms with Crippen molar-refractivity contribution in [3.05, 3.63) is 65.5 Å². The summed E-state index contributed by atoms with van der Waals surface area (Å²) in [6.07, 6.45) is 5.04. The third-order valence-corrected chi connectivity index (χ3v) is 3.24. The summed E-state index contributed by atoms with van der Waals surface area (Å²) >= 11 is 0. The Kier molecular flexibility index (Phi) is 3.19. The Labute approximate surface area is 121 Å². The molecule has 6 nitrogen and oxygen atoms in total. The minimum absolute atomic E-state index is 0.304. The molecule has 0 atom stereocenters. The van der Waals surface area contributed by atoms with E-state index in [1.165, 1.54) is 6.07 Å². The van der Waals surface area contributed by atoms with Crippen LogP contribution in [0.5, 0.6) is 5.75 Å². The first-order valence-electron chi connectivity index (χ1n) is 6.34. The van der Waals surface area contributed by atoms with E-state index in [4.69, 9.17) is 10.6 Å². The maximum atomic E-state index is 12.1. The standard InChI is InChI=1S/C15H14N4O2/c1-21-14-5-3-2-4-12(14)13-8-11(9-15(20)19(13)16)18-7-6-17-10-18/h2-10H,16H2,1H3. The second-order valence-corrected chi connectivity index (χ2v) is 4.48. The lowest BCUT2D eigenvalue weighted by molar-refractivity contribution is 0.416. The fraction of sp³-hybridized carbons (Fsp3) is 0.0667. The number of rotatable bonds is 3. The van der Waals surface area contributed by atoms with Gasteiger partial charge in [0.2, 0.25) is 0 Å². The molecule has 0 fully saturated rings. The third-order valence-electron chi connectivity index (χ3n) is 3.24.